The summed E-state index contributed by atoms with van der Waals surface area (Å²) in [6.07, 6.45) is 0. The van der Waals surface area contributed by atoms with Crippen LogP contribution in [0.4, 0.5) is 0 Å². The molecule has 1 aromatic carbocycles. The van der Waals surface area contributed by atoms with Crippen molar-refractivity contribution < 1.29 is 0 Å². The van der Waals surface area contributed by atoms with Crippen LogP contribution < -0.4 is 11.4 Å². The largest absolute Gasteiger partial charge is 0.329 e. The van der Waals surface area contributed by atoms with E-state index in [-0.39, 0.29) is 5.69 Å². The molecule has 3 N–H and O–H groups in total. The Morgan fingerprint density at radius 3 is 2.81 bits per heavy atom. The number of aromatic nitrogens is 2. The van der Waals surface area contributed by atoms with Crippen LogP contribution in [0.3, 0.4) is 0 Å². The van der Waals surface area contributed by atoms with E-state index in [2.05, 4.69) is 24.9 Å². The highest BCUT2D eigenvalue weighted by molar-refractivity contribution is 5.76. The zero-order valence-electron chi connectivity index (χ0n) is 9.66. The first-order chi connectivity index (χ1) is 7.63. The van der Waals surface area contributed by atoms with Crippen molar-refractivity contribution in [3.05, 3.63) is 34.2 Å². The minimum Gasteiger partial charge on any atom is -0.329 e. The van der Waals surface area contributed by atoms with Gasteiger partial charge < -0.3 is 10.7 Å². The minimum absolute atomic E-state index is 0.0821. The van der Waals surface area contributed by atoms with Crippen molar-refractivity contribution in [1.82, 2.24) is 9.55 Å². The smallest absolute Gasteiger partial charge is 0.326 e. The second-order valence-electron chi connectivity index (χ2n) is 4.30. The van der Waals surface area contributed by atoms with Crippen molar-refractivity contribution in [2.75, 3.05) is 6.54 Å². The Labute approximate surface area is 94.1 Å². The van der Waals surface area contributed by atoms with Gasteiger partial charge in [0, 0.05) is 13.1 Å². The quantitative estimate of drug-likeness (QED) is 0.819. The molecule has 4 nitrogen and oxygen atoms in total. The van der Waals surface area contributed by atoms with Gasteiger partial charge in [-0.15, -0.1) is 0 Å². The summed E-state index contributed by atoms with van der Waals surface area (Å²) in [5.41, 5.74) is 8.46. The number of fused-ring (bicyclic) bond motifs is 1. The van der Waals surface area contributed by atoms with Crippen molar-refractivity contribution >= 4 is 11.0 Å². The van der Waals surface area contributed by atoms with Crippen LogP contribution in [0, 0.1) is 0 Å². The Hall–Kier alpha value is -1.55. The summed E-state index contributed by atoms with van der Waals surface area (Å²) in [6, 6.07) is 6.08. The molecule has 0 aliphatic rings. The lowest BCUT2D eigenvalue weighted by Gasteiger charge is -2.05. The Morgan fingerprint density at radius 2 is 2.19 bits per heavy atom. The Balaban J connectivity index is 2.60. The van der Waals surface area contributed by atoms with Gasteiger partial charge in [0.15, 0.2) is 0 Å². The molecule has 0 bridgehead atoms. The van der Waals surface area contributed by atoms with E-state index >= 15 is 0 Å². The van der Waals surface area contributed by atoms with Gasteiger partial charge in [-0.1, -0.05) is 19.9 Å². The molecule has 0 atom stereocenters. The summed E-state index contributed by atoms with van der Waals surface area (Å²) >= 11 is 0. The number of aromatic amines is 1. The van der Waals surface area contributed by atoms with Crippen LogP contribution in [0.1, 0.15) is 25.3 Å². The number of H-pyrrole nitrogens is 1. The molecule has 0 radical (unpaired) electrons. The highest BCUT2D eigenvalue weighted by Crippen LogP contribution is 2.19. The van der Waals surface area contributed by atoms with Gasteiger partial charge in [0.05, 0.1) is 11.0 Å². The second-order valence-corrected chi connectivity index (χ2v) is 4.30. The first kappa shape index (κ1) is 11.0. The number of hydrogen-bond donors (Lipinski definition) is 2. The first-order valence-corrected chi connectivity index (χ1v) is 5.56. The topological polar surface area (TPSA) is 63.8 Å². The van der Waals surface area contributed by atoms with Crippen LogP contribution in [0.2, 0.25) is 0 Å². The third-order valence-electron chi connectivity index (χ3n) is 2.82. The summed E-state index contributed by atoms with van der Waals surface area (Å²) in [5.74, 6) is 0.464. The van der Waals surface area contributed by atoms with Gasteiger partial charge in [-0.3, -0.25) is 4.57 Å². The Kier molecular flexibility index (Phi) is 2.83. The summed E-state index contributed by atoms with van der Waals surface area (Å²) in [4.78, 5) is 14.5. The van der Waals surface area contributed by atoms with Gasteiger partial charge in [0.25, 0.3) is 0 Å². The van der Waals surface area contributed by atoms with E-state index in [9.17, 15) is 4.79 Å². The lowest BCUT2D eigenvalue weighted by atomic mass is 10.0. The fourth-order valence-electron chi connectivity index (χ4n) is 1.89. The first-order valence-electron chi connectivity index (χ1n) is 5.56. The van der Waals surface area contributed by atoms with Gasteiger partial charge in [0.1, 0.15) is 0 Å². The third-order valence-corrected chi connectivity index (χ3v) is 2.82. The highest BCUT2D eigenvalue weighted by Gasteiger charge is 2.07. The average molecular weight is 219 g/mol. The van der Waals surface area contributed by atoms with Crippen LogP contribution in [0.25, 0.3) is 11.0 Å². The van der Waals surface area contributed by atoms with E-state index in [1.807, 2.05) is 12.1 Å². The van der Waals surface area contributed by atoms with Gasteiger partial charge in [-0.25, -0.2) is 4.79 Å². The van der Waals surface area contributed by atoms with Crippen molar-refractivity contribution in [2.24, 2.45) is 5.73 Å². The summed E-state index contributed by atoms with van der Waals surface area (Å²) in [7, 11) is 0. The second kappa shape index (κ2) is 4.14. The summed E-state index contributed by atoms with van der Waals surface area (Å²) in [5, 5.41) is 0. The number of nitrogens with zero attached hydrogens (tertiary/aromatic N) is 1. The molecule has 4 heteroatoms. The molecular formula is C12H17N3O. The standard InChI is InChI=1S/C12H17N3O/c1-8(2)9-3-4-11-10(7-9)14-12(16)15(11)6-5-13/h3-4,7-8H,5-6,13H2,1-2H3,(H,14,16). The lowest BCUT2D eigenvalue weighted by molar-refractivity contribution is 0.703. The number of hydrogen-bond acceptors (Lipinski definition) is 2. The number of nitrogens with one attached hydrogen (secondary N) is 1. The van der Waals surface area contributed by atoms with E-state index in [1.54, 1.807) is 4.57 Å². The molecule has 0 aliphatic heterocycles. The van der Waals surface area contributed by atoms with Gasteiger partial charge in [-0.05, 0) is 23.6 Å². The predicted molar refractivity (Wildman–Crippen MR) is 65.7 cm³/mol. The van der Waals surface area contributed by atoms with Crippen molar-refractivity contribution in [3.63, 3.8) is 0 Å². The molecule has 2 rings (SSSR count). The Morgan fingerprint density at radius 1 is 1.44 bits per heavy atom. The maximum absolute atomic E-state index is 11.7. The SMILES string of the molecule is CC(C)c1ccc2c(c1)[nH]c(=O)n2CCN. The lowest BCUT2D eigenvalue weighted by Crippen LogP contribution is -2.21. The zero-order chi connectivity index (χ0) is 11.7. The van der Waals surface area contributed by atoms with Gasteiger partial charge >= 0.3 is 5.69 Å². The molecule has 1 heterocycles. The number of nitrogens with two attached hydrogens (primary N) is 1. The number of imidazole rings is 1. The van der Waals surface area contributed by atoms with Crippen LogP contribution in [-0.2, 0) is 6.54 Å². The summed E-state index contributed by atoms with van der Waals surface area (Å²) < 4.78 is 1.68. The maximum Gasteiger partial charge on any atom is 0.326 e. The Bertz CT molecular complexity index is 551. The van der Waals surface area contributed by atoms with Crippen LogP contribution >= 0.6 is 0 Å². The van der Waals surface area contributed by atoms with Gasteiger partial charge in [-0.2, -0.15) is 0 Å². The summed E-state index contributed by atoms with van der Waals surface area (Å²) in [6.45, 7) is 5.30. The van der Waals surface area contributed by atoms with Crippen molar-refractivity contribution in [3.8, 4) is 0 Å². The van der Waals surface area contributed by atoms with E-state index in [0.29, 0.717) is 19.0 Å². The van der Waals surface area contributed by atoms with Crippen molar-refractivity contribution in [1.29, 1.82) is 0 Å². The molecule has 86 valence electrons. The molecule has 0 unspecified atom stereocenters. The van der Waals surface area contributed by atoms with E-state index < -0.39 is 0 Å². The molecule has 2 aromatic rings. The van der Waals surface area contributed by atoms with Gasteiger partial charge in [0.2, 0.25) is 0 Å². The zero-order valence-corrected chi connectivity index (χ0v) is 9.66. The highest BCUT2D eigenvalue weighted by atomic mass is 16.1. The predicted octanol–water partition coefficient (Wildman–Crippen LogP) is 1.41. The molecule has 0 spiro atoms. The van der Waals surface area contributed by atoms with E-state index in [1.165, 1.54) is 5.56 Å². The molecule has 0 aliphatic carbocycles. The number of rotatable bonds is 3. The molecule has 16 heavy (non-hydrogen) atoms. The van der Waals surface area contributed by atoms with Crippen LogP contribution in [-0.4, -0.2) is 16.1 Å². The monoisotopic (exact) mass is 219 g/mol. The van der Waals surface area contributed by atoms with Crippen LogP contribution in [0.15, 0.2) is 23.0 Å². The maximum atomic E-state index is 11.7. The van der Waals surface area contributed by atoms with Crippen molar-refractivity contribution in [2.45, 2.75) is 26.3 Å². The van der Waals surface area contributed by atoms with E-state index in [4.69, 9.17) is 5.73 Å². The molecule has 0 saturated carbocycles. The number of benzene rings is 1. The molecule has 1 aromatic heterocycles. The third kappa shape index (κ3) is 1.76. The fourth-order valence-corrected chi connectivity index (χ4v) is 1.89. The fraction of sp³-hybridized carbons (Fsp3) is 0.417. The molecule has 0 saturated heterocycles. The molecular weight excluding hydrogens is 202 g/mol. The van der Waals surface area contributed by atoms with E-state index in [0.717, 1.165) is 11.0 Å². The normalized spacial score (nSPS) is 11.5. The minimum atomic E-state index is -0.0821. The average Bonchev–Trinajstić information content (AvgIpc) is 2.55. The molecule has 0 fully saturated rings. The van der Waals surface area contributed by atoms with Crippen LogP contribution in [0.5, 0.6) is 0 Å². The molecule has 0 amide bonds.